The molecule has 0 unspecified atom stereocenters. The molecule has 0 atom stereocenters. The van der Waals surface area contributed by atoms with E-state index in [0.29, 0.717) is 0 Å². The maximum absolute atomic E-state index is 3.93. The summed E-state index contributed by atoms with van der Waals surface area (Å²) in [5.74, 6) is 0. The molecule has 1 rings (SSSR count). The van der Waals surface area contributed by atoms with Crippen LogP contribution in [-0.2, 0) is 0 Å². The largest absolute Gasteiger partial charge is 0.0984 e. The molecule has 0 fully saturated rings. The highest BCUT2D eigenvalue weighted by molar-refractivity contribution is 5.73. The van der Waals surface area contributed by atoms with Crippen LogP contribution in [0.2, 0.25) is 0 Å². The smallest absolute Gasteiger partial charge is 0.0158 e. The van der Waals surface area contributed by atoms with E-state index in [1.807, 2.05) is 32.9 Å². The maximum Gasteiger partial charge on any atom is -0.0158 e. The molecular formula is C14H20. The van der Waals surface area contributed by atoms with E-state index in [-0.39, 0.29) is 0 Å². The SMILES string of the molecule is C=Cc1c(C)cccc1C(=C)C.CC. The molecule has 76 valence electrons. The quantitative estimate of drug-likeness (QED) is 0.631. The lowest BCUT2D eigenvalue weighted by molar-refractivity contribution is 1.41. The summed E-state index contributed by atoms with van der Waals surface area (Å²) in [6.07, 6.45) is 1.89. The molecule has 0 aliphatic carbocycles. The molecule has 0 nitrogen and oxygen atoms in total. The van der Waals surface area contributed by atoms with E-state index in [4.69, 9.17) is 0 Å². The predicted octanol–water partition coefficient (Wildman–Crippen LogP) is 4.70. The molecular weight excluding hydrogens is 168 g/mol. The van der Waals surface area contributed by atoms with Crippen LogP contribution in [0, 0.1) is 6.92 Å². The Morgan fingerprint density at radius 2 is 1.86 bits per heavy atom. The van der Waals surface area contributed by atoms with Crippen LogP contribution in [0.25, 0.3) is 11.6 Å². The summed E-state index contributed by atoms with van der Waals surface area (Å²) in [7, 11) is 0. The van der Waals surface area contributed by atoms with Gasteiger partial charge in [-0.25, -0.2) is 0 Å². The fourth-order valence-electron chi connectivity index (χ4n) is 1.32. The van der Waals surface area contributed by atoms with Crippen molar-refractivity contribution in [2.45, 2.75) is 27.7 Å². The van der Waals surface area contributed by atoms with Crippen LogP contribution in [0.4, 0.5) is 0 Å². The lowest BCUT2D eigenvalue weighted by Gasteiger charge is -2.07. The fraction of sp³-hybridized carbons (Fsp3) is 0.286. The Hall–Kier alpha value is -1.30. The third kappa shape index (κ3) is 2.88. The highest BCUT2D eigenvalue weighted by atomic mass is 14.1. The van der Waals surface area contributed by atoms with Crippen LogP contribution in [0.3, 0.4) is 0 Å². The molecule has 0 heteroatoms. The normalized spacial score (nSPS) is 8.57. The number of rotatable bonds is 2. The van der Waals surface area contributed by atoms with Crippen LogP contribution in [-0.4, -0.2) is 0 Å². The van der Waals surface area contributed by atoms with Gasteiger partial charge in [0.1, 0.15) is 0 Å². The van der Waals surface area contributed by atoms with Gasteiger partial charge >= 0.3 is 0 Å². The molecule has 0 radical (unpaired) electrons. The van der Waals surface area contributed by atoms with Gasteiger partial charge in [-0.1, -0.05) is 56.9 Å². The highest BCUT2D eigenvalue weighted by Crippen LogP contribution is 2.21. The average molecular weight is 188 g/mol. The predicted molar refractivity (Wildman–Crippen MR) is 67.3 cm³/mol. The molecule has 0 spiro atoms. The van der Waals surface area contributed by atoms with E-state index in [9.17, 15) is 0 Å². The summed E-state index contributed by atoms with van der Waals surface area (Å²) in [4.78, 5) is 0. The van der Waals surface area contributed by atoms with Crippen molar-refractivity contribution in [3.05, 3.63) is 48.0 Å². The van der Waals surface area contributed by atoms with Crippen molar-refractivity contribution in [2.75, 3.05) is 0 Å². The summed E-state index contributed by atoms with van der Waals surface area (Å²) in [6, 6.07) is 6.21. The van der Waals surface area contributed by atoms with E-state index in [1.54, 1.807) is 0 Å². The van der Waals surface area contributed by atoms with Gasteiger partial charge in [0, 0.05) is 0 Å². The van der Waals surface area contributed by atoms with Crippen molar-refractivity contribution in [1.29, 1.82) is 0 Å². The van der Waals surface area contributed by atoms with Gasteiger partial charge in [-0.2, -0.15) is 0 Å². The van der Waals surface area contributed by atoms with Crippen LogP contribution in [0.5, 0.6) is 0 Å². The first-order valence-electron chi connectivity index (χ1n) is 5.04. The summed E-state index contributed by atoms with van der Waals surface area (Å²) in [5.41, 5.74) is 4.74. The molecule has 0 saturated heterocycles. The van der Waals surface area contributed by atoms with E-state index < -0.39 is 0 Å². The number of aryl methyl sites for hydroxylation is 1. The van der Waals surface area contributed by atoms with Gasteiger partial charge in [0.25, 0.3) is 0 Å². The summed E-state index contributed by atoms with van der Waals surface area (Å²) < 4.78 is 0. The zero-order valence-electron chi connectivity index (χ0n) is 9.72. The highest BCUT2D eigenvalue weighted by Gasteiger charge is 2.01. The summed E-state index contributed by atoms with van der Waals surface area (Å²) in [6.45, 7) is 15.8. The van der Waals surface area contributed by atoms with Gasteiger partial charge in [-0.05, 0) is 30.5 Å². The van der Waals surface area contributed by atoms with E-state index in [1.165, 1.54) is 16.7 Å². The van der Waals surface area contributed by atoms with Crippen molar-refractivity contribution < 1.29 is 0 Å². The standard InChI is InChI=1S/C12H14.C2H6/c1-5-11-10(4)7-6-8-12(11)9(2)3;1-2/h5-8H,1-2H2,3-4H3;1-2H3. The Morgan fingerprint density at radius 3 is 2.21 bits per heavy atom. The van der Waals surface area contributed by atoms with Crippen molar-refractivity contribution in [1.82, 2.24) is 0 Å². The number of hydrogen-bond acceptors (Lipinski definition) is 0. The van der Waals surface area contributed by atoms with Gasteiger partial charge in [-0.3, -0.25) is 0 Å². The third-order valence-corrected chi connectivity index (χ3v) is 1.99. The second-order valence-corrected chi connectivity index (χ2v) is 3.02. The Morgan fingerprint density at radius 1 is 1.29 bits per heavy atom. The molecule has 1 aromatic rings. The molecule has 0 N–H and O–H groups in total. The van der Waals surface area contributed by atoms with Crippen molar-refractivity contribution >= 4 is 11.6 Å². The first kappa shape index (κ1) is 12.7. The van der Waals surface area contributed by atoms with E-state index >= 15 is 0 Å². The minimum Gasteiger partial charge on any atom is -0.0984 e. The first-order valence-corrected chi connectivity index (χ1v) is 5.04. The van der Waals surface area contributed by atoms with Gasteiger partial charge in [-0.15, -0.1) is 0 Å². The van der Waals surface area contributed by atoms with Crippen molar-refractivity contribution in [3.8, 4) is 0 Å². The Labute approximate surface area is 88.0 Å². The lowest BCUT2D eigenvalue weighted by Crippen LogP contribution is -1.87. The van der Waals surface area contributed by atoms with Crippen LogP contribution < -0.4 is 0 Å². The molecule has 1 aromatic carbocycles. The van der Waals surface area contributed by atoms with Gasteiger partial charge in [0.05, 0.1) is 0 Å². The minimum atomic E-state index is 1.09. The first-order chi connectivity index (χ1) is 6.66. The summed E-state index contributed by atoms with van der Waals surface area (Å²) >= 11 is 0. The molecule has 0 saturated carbocycles. The van der Waals surface area contributed by atoms with Gasteiger partial charge < -0.3 is 0 Å². The van der Waals surface area contributed by atoms with Crippen molar-refractivity contribution in [2.24, 2.45) is 0 Å². The Bertz CT molecular complexity index is 319. The van der Waals surface area contributed by atoms with Gasteiger partial charge in [0.15, 0.2) is 0 Å². The van der Waals surface area contributed by atoms with Gasteiger partial charge in [0.2, 0.25) is 0 Å². The monoisotopic (exact) mass is 188 g/mol. The van der Waals surface area contributed by atoms with Crippen LogP contribution in [0.1, 0.15) is 37.5 Å². The molecule has 0 bridgehead atoms. The Balaban J connectivity index is 0.000000791. The maximum atomic E-state index is 3.93. The van der Waals surface area contributed by atoms with E-state index in [2.05, 4.69) is 32.2 Å². The zero-order chi connectivity index (χ0) is 11.1. The van der Waals surface area contributed by atoms with Crippen LogP contribution >= 0.6 is 0 Å². The molecule has 0 aromatic heterocycles. The third-order valence-electron chi connectivity index (χ3n) is 1.99. The number of benzene rings is 1. The molecule has 0 aliphatic rings. The molecule has 0 amide bonds. The Kier molecular flexibility index (Phi) is 5.62. The van der Waals surface area contributed by atoms with Crippen molar-refractivity contribution in [3.63, 3.8) is 0 Å². The number of hydrogen-bond donors (Lipinski definition) is 0. The number of allylic oxidation sites excluding steroid dienone is 1. The minimum absolute atomic E-state index is 1.09. The van der Waals surface area contributed by atoms with E-state index in [0.717, 1.165) is 5.57 Å². The topological polar surface area (TPSA) is 0 Å². The molecule has 0 heterocycles. The summed E-state index contributed by atoms with van der Waals surface area (Å²) in [5, 5.41) is 0. The molecule has 14 heavy (non-hydrogen) atoms. The fourth-order valence-corrected chi connectivity index (χ4v) is 1.32. The average Bonchev–Trinajstić information content (AvgIpc) is 2.20. The molecule has 0 aliphatic heterocycles. The second kappa shape index (κ2) is 6.20. The zero-order valence-corrected chi connectivity index (χ0v) is 9.72. The second-order valence-electron chi connectivity index (χ2n) is 3.02. The lowest BCUT2D eigenvalue weighted by atomic mass is 9.98. The van der Waals surface area contributed by atoms with Crippen LogP contribution in [0.15, 0.2) is 31.4 Å².